The lowest BCUT2D eigenvalue weighted by Crippen LogP contribution is -2.55. The summed E-state index contributed by atoms with van der Waals surface area (Å²) in [6, 6.07) is 4.28. The van der Waals surface area contributed by atoms with Crippen LogP contribution in [-0.4, -0.2) is 54.4 Å². The second kappa shape index (κ2) is 5.94. The molecule has 1 saturated heterocycles. The summed E-state index contributed by atoms with van der Waals surface area (Å²) in [6.07, 6.45) is 1.46. The van der Waals surface area contributed by atoms with Gasteiger partial charge >= 0.3 is 5.97 Å². The number of hydrogen-bond donors (Lipinski definition) is 1. The Morgan fingerprint density at radius 3 is 2.83 bits per heavy atom. The molecular weight excluding hydrogens is 334 g/mol. The Morgan fingerprint density at radius 2 is 2.12 bits per heavy atom. The number of furan rings is 1. The summed E-state index contributed by atoms with van der Waals surface area (Å²) >= 11 is 0. The molecule has 1 fully saturated rings. The maximum absolute atomic E-state index is 12.5. The summed E-state index contributed by atoms with van der Waals surface area (Å²) in [4.78, 5) is 25.0. The fraction of sp³-hybridized carbons (Fsp3) is 0.375. The van der Waals surface area contributed by atoms with Crippen LogP contribution in [0.5, 0.6) is 0 Å². The highest BCUT2D eigenvalue weighted by Gasteiger charge is 2.38. The molecule has 1 aliphatic heterocycles. The first-order valence-corrected chi connectivity index (χ1v) is 9.28. The van der Waals surface area contributed by atoms with Crippen molar-refractivity contribution in [3.8, 4) is 0 Å². The van der Waals surface area contributed by atoms with Crippen molar-refractivity contribution in [3.05, 3.63) is 35.6 Å². The van der Waals surface area contributed by atoms with Gasteiger partial charge in [0.05, 0.1) is 24.2 Å². The smallest absolute Gasteiger partial charge is 0.327 e. The SMILES string of the molecule is Cc1ccc2c(CC(=O)N3CCS(=O)(=O)CC3C(=O)O)coc2c1. The van der Waals surface area contributed by atoms with E-state index in [-0.39, 0.29) is 18.7 Å². The van der Waals surface area contributed by atoms with Crippen molar-refractivity contribution >= 4 is 32.7 Å². The molecule has 2 aromatic rings. The van der Waals surface area contributed by atoms with Crippen LogP contribution in [0.25, 0.3) is 11.0 Å². The molecule has 3 rings (SSSR count). The number of carboxylic acid groups (broad SMARTS) is 1. The molecular formula is C16H17NO6S. The zero-order chi connectivity index (χ0) is 17.5. The first-order valence-electron chi connectivity index (χ1n) is 7.46. The van der Waals surface area contributed by atoms with Gasteiger partial charge in [-0.15, -0.1) is 0 Å². The highest BCUT2D eigenvalue weighted by molar-refractivity contribution is 7.91. The third-order valence-corrected chi connectivity index (χ3v) is 5.82. The highest BCUT2D eigenvalue weighted by Crippen LogP contribution is 2.24. The van der Waals surface area contributed by atoms with E-state index in [0.29, 0.717) is 11.1 Å². The summed E-state index contributed by atoms with van der Waals surface area (Å²) in [5, 5.41) is 10.0. The van der Waals surface area contributed by atoms with Crippen molar-refractivity contribution in [2.75, 3.05) is 18.1 Å². The summed E-state index contributed by atoms with van der Waals surface area (Å²) in [6.45, 7) is 1.82. The van der Waals surface area contributed by atoms with Crippen molar-refractivity contribution < 1.29 is 27.5 Å². The molecule has 0 spiro atoms. The molecule has 1 aliphatic rings. The number of hydrogen-bond acceptors (Lipinski definition) is 5. The lowest BCUT2D eigenvalue weighted by atomic mass is 10.1. The van der Waals surface area contributed by atoms with Gasteiger partial charge in [0, 0.05) is 17.5 Å². The van der Waals surface area contributed by atoms with Gasteiger partial charge in [-0.25, -0.2) is 13.2 Å². The van der Waals surface area contributed by atoms with Crippen molar-refractivity contribution in [3.63, 3.8) is 0 Å². The predicted octanol–water partition coefficient (Wildman–Crippen LogP) is 0.994. The molecule has 1 N–H and O–H groups in total. The molecule has 1 unspecified atom stereocenters. The Morgan fingerprint density at radius 1 is 1.38 bits per heavy atom. The molecule has 0 aliphatic carbocycles. The maximum Gasteiger partial charge on any atom is 0.327 e. The van der Waals surface area contributed by atoms with E-state index in [1.165, 1.54) is 6.26 Å². The summed E-state index contributed by atoms with van der Waals surface area (Å²) in [7, 11) is -3.44. The Hall–Kier alpha value is -2.35. The predicted molar refractivity (Wildman–Crippen MR) is 86.4 cm³/mol. The van der Waals surface area contributed by atoms with Crippen molar-refractivity contribution in [1.82, 2.24) is 4.90 Å². The first-order chi connectivity index (χ1) is 11.3. The van der Waals surface area contributed by atoms with Crippen LogP contribution < -0.4 is 0 Å². The third kappa shape index (κ3) is 3.14. The molecule has 2 heterocycles. The van der Waals surface area contributed by atoms with E-state index < -0.39 is 33.5 Å². The van der Waals surface area contributed by atoms with E-state index in [1.807, 2.05) is 25.1 Å². The quantitative estimate of drug-likeness (QED) is 0.884. The van der Waals surface area contributed by atoms with E-state index in [1.54, 1.807) is 0 Å². The number of carbonyl (C=O) groups excluding carboxylic acids is 1. The molecule has 1 amide bonds. The van der Waals surface area contributed by atoms with Crippen LogP contribution in [0.2, 0.25) is 0 Å². The maximum atomic E-state index is 12.5. The molecule has 1 aromatic heterocycles. The minimum absolute atomic E-state index is 0.0279. The average Bonchev–Trinajstić information content (AvgIpc) is 2.88. The Kier molecular flexibility index (Phi) is 4.08. The van der Waals surface area contributed by atoms with Gasteiger partial charge in [-0.05, 0) is 18.6 Å². The number of sulfone groups is 1. The van der Waals surface area contributed by atoms with Gasteiger partial charge in [0.25, 0.3) is 0 Å². The Bertz CT molecular complexity index is 914. The molecule has 8 heteroatoms. The van der Waals surface area contributed by atoms with Gasteiger partial charge in [0.2, 0.25) is 5.91 Å². The summed E-state index contributed by atoms with van der Waals surface area (Å²) in [5.74, 6) is -2.48. The number of rotatable bonds is 3. The number of fused-ring (bicyclic) bond motifs is 1. The van der Waals surface area contributed by atoms with E-state index in [4.69, 9.17) is 4.42 Å². The fourth-order valence-electron chi connectivity index (χ4n) is 2.90. The number of carbonyl (C=O) groups is 2. The third-order valence-electron chi connectivity index (χ3n) is 4.19. The molecule has 7 nitrogen and oxygen atoms in total. The van der Waals surface area contributed by atoms with Crippen LogP contribution in [0.4, 0.5) is 0 Å². The van der Waals surface area contributed by atoms with Gasteiger partial charge in [-0.3, -0.25) is 4.79 Å². The lowest BCUT2D eigenvalue weighted by Gasteiger charge is -2.32. The minimum Gasteiger partial charge on any atom is -0.480 e. The number of aryl methyl sites for hydroxylation is 1. The first kappa shape index (κ1) is 16.5. The number of amides is 1. The van der Waals surface area contributed by atoms with E-state index in [0.717, 1.165) is 15.8 Å². The summed E-state index contributed by atoms with van der Waals surface area (Å²) in [5.41, 5.74) is 2.35. The van der Waals surface area contributed by atoms with Crippen LogP contribution in [0.3, 0.4) is 0 Å². The monoisotopic (exact) mass is 351 g/mol. The van der Waals surface area contributed by atoms with Gasteiger partial charge < -0.3 is 14.4 Å². The zero-order valence-electron chi connectivity index (χ0n) is 13.1. The van der Waals surface area contributed by atoms with Crippen LogP contribution in [0.1, 0.15) is 11.1 Å². The van der Waals surface area contributed by atoms with Crippen molar-refractivity contribution in [2.45, 2.75) is 19.4 Å². The van der Waals surface area contributed by atoms with Gasteiger partial charge in [0.1, 0.15) is 11.6 Å². The number of aliphatic carboxylic acids is 1. The minimum atomic E-state index is -3.44. The van der Waals surface area contributed by atoms with E-state index >= 15 is 0 Å². The topological polar surface area (TPSA) is 105 Å². The van der Waals surface area contributed by atoms with Gasteiger partial charge in [0.15, 0.2) is 9.84 Å². The summed E-state index contributed by atoms with van der Waals surface area (Å²) < 4.78 is 28.7. The number of benzene rings is 1. The molecule has 24 heavy (non-hydrogen) atoms. The molecule has 128 valence electrons. The van der Waals surface area contributed by atoms with Crippen LogP contribution >= 0.6 is 0 Å². The second-order valence-electron chi connectivity index (χ2n) is 5.99. The van der Waals surface area contributed by atoms with Crippen molar-refractivity contribution in [2.24, 2.45) is 0 Å². The van der Waals surface area contributed by atoms with Crippen LogP contribution in [-0.2, 0) is 25.8 Å². The van der Waals surface area contributed by atoms with Crippen LogP contribution in [0, 0.1) is 6.92 Å². The van der Waals surface area contributed by atoms with E-state index in [9.17, 15) is 23.1 Å². The molecule has 1 aromatic carbocycles. The number of nitrogens with zero attached hydrogens (tertiary/aromatic N) is 1. The molecule has 1 atom stereocenters. The van der Waals surface area contributed by atoms with Crippen molar-refractivity contribution in [1.29, 1.82) is 0 Å². The van der Waals surface area contributed by atoms with E-state index in [2.05, 4.69) is 0 Å². The Balaban J connectivity index is 1.84. The average molecular weight is 351 g/mol. The lowest BCUT2D eigenvalue weighted by molar-refractivity contribution is -0.149. The van der Waals surface area contributed by atoms with Gasteiger partial charge in [-0.2, -0.15) is 0 Å². The molecule has 0 bridgehead atoms. The van der Waals surface area contributed by atoms with Gasteiger partial charge in [-0.1, -0.05) is 12.1 Å². The standard InChI is InChI=1S/C16H17NO6S/c1-10-2-3-12-11(8-23-14(12)6-10)7-15(18)17-4-5-24(21,22)9-13(17)16(19)20/h2-3,6,8,13H,4-5,7,9H2,1H3,(H,19,20). The highest BCUT2D eigenvalue weighted by atomic mass is 32.2. The Labute approximate surface area is 138 Å². The number of carboxylic acids is 1. The second-order valence-corrected chi connectivity index (χ2v) is 8.22. The largest absolute Gasteiger partial charge is 0.480 e. The normalized spacial score (nSPS) is 20.2. The molecule has 0 radical (unpaired) electrons. The molecule has 0 saturated carbocycles. The van der Waals surface area contributed by atoms with Crippen LogP contribution in [0.15, 0.2) is 28.9 Å². The zero-order valence-corrected chi connectivity index (χ0v) is 13.9. The fourth-order valence-corrected chi connectivity index (χ4v) is 4.35.